The predicted molar refractivity (Wildman–Crippen MR) is 63.7 cm³/mol. The second-order valence-corrected chi connectivity index (χ2v) is 4.05. The molecule has 0 aliphatic rings. The van der Waals surface area contributed by atoms with Crippen LogP contribution < -0.4 is 0 Å². The van der Waals surface area contributed by atoms with Gasteiger partial charge in [-0.3, -0.25) is 4.79 Å². The number of benzene rings is 1. The van der Waals surface area contributed by atoms with E-state index in [-0.39, 0.29) is 6.54 Å². The van der Waals surface area contributed by atoms with Crippen LogP contribution in [0.5, 0.6) is 0 Å². The van der Waals surface area contributed by atoms with Crippen LogP contribution in [-0.2, 0) is 17.8 Å². The highest BCUT2D eigenvalue weighted by atomic mass is 16.4. The number of hydrogen-bond donors (Lipinski definition) is 1. The van der Waals surface area contributed by atoms with E-state index in [2.05, 4.69) is 13.0 Å². The third-order valence-electron chi connectivity index (χ3n) is 2.81. The number of aliphatic carboxylic acids is 1. The van der Waals surface area contributed by atoms with Gasteiger partial charge in [-0.05, 0) is 31.0 Å². The zero-order valence-corrected chi connectivity index (χ0v) is 9.53. The first kappa shape index (κ1) is 10.7. The Morgan fingerprint density at radius 3 is 2.81 bits per heavy atom. The van der Waals surface area contributed by atoms with Crippen LogP contribution >= 0.6 is 0 Å². The zero-order chi connectivity index (χ0) is 11.7. The molecule has 0 radical (unpaired) electrons. The van der Waals surface area contributed by atoms with Crippen LogP contribution in [0, 0.1) is 6.92 Å². The molecule has 84 valence electrons. The van der Waals surface area contributed by atoms with E-state index in [1.54, 1.807) is 4.57 Å². The molecule has 16 heavy (non-hydrogen) atoms. The summed E-state index contributed by atoms with van der Waals surface area (Å²) in [7, 11) is 0. The standard InChI is InChI=1S/C13H15NO2/c1-3-10-7-14(8-13(15)16)12-5-4-9(2)6-11(10)12/h4-7H,3,8H2,1-2H3,(H,15,16). The highest BCUT2D eigenvalue weighted by Gasteiger charge is 2.09. The van der Waals surface area contributed by atoms with Crippen molar-refractivity contribution in [2.24, 2.45) is 0 Å². The number of aryl methyl sites for hydroxylation is 2. The number of carbonyl (C=O) groups is 1. The monoisotopic (exact) mass is 217 g/mol. The van der Waals surface area contributed by atoms with Crippen molar-refractivity contribution in [1.82, 2.24) is 4.57 Å². The molecule has 1 N–H and O–H groups in total. The minimum Gasteiger partial charge on any atom is -0.480 e. The number of aromatic nitrogens is 1. The average Bonchev–Trinajstić information content (AvgIpc) is 2.55. The van der Waals surface area contributed by atoms with Gasteiger partial charge in [0.1, 0.15) is 6.54 Å². The summed E-state index contributed by atoms with van der Waals surface area (Å²) >= 11 is 0. The third-order valence-corrected chi connectivity index (χ3v) is 2.81. The Balaban J connectivity index is 2.63. The van der Waals surface area contributed by atoms with Gasteiger partial charge in [-0.15, -0.1) is 0 Å². The number of nitrogens with zero attached hydrogens (tertiary/aromatic N) is 1. The summed E-state index contributed by atoms with van der Waals surface area (Å²) in [5.74, 6) is -0.805. The van der Waals surface area contributed by atoms with Crippen molar-refractivity contribution in [2.45, 2.75) is 26.8 Å². The van der Waals surface area contributed by atoms with Crippen molar-refractivity contribution >= 4 is 16.9 Å². The molecule has 0 aliphatic heterocycles. The SMILES string of the molecule is CCc1cn(CC(=O)O)c2ccc(C)cc12. The molecule has 0 unspecified atom stereocenters. The molecule has 0 bridgehead atoms. The Morgan fingerprint density at radius 2 is 2.19 bits per heavy atom. The fourth-order valence-electron chi connectivity index (χ4n) is 2.04. The summed E-state index contributed by atoms with van der Waals surface area (Å²) in [5, 5.41) is 10.0. The van der Waals surface area contributed by atoms with Crippen molar-refractivity contribution in [3.8, 4) is 0 Å². The first-order valence-corrected chi connectivity index (χ1v) is 5.42. The molecule has 0 atom stereocenters. The lowest BCUT2D eigenvalue weighted by atomic mass is 10.1. The van der Waals surface area contributed by atoms with Gasteiger partial charge < -0.3 is 9.67 Å². The Kier molecular flexibility index (Phi) is 2.69. The molecule has 2 rings (SSSR count). The van der Waals surface area contributed by atoms with E-state index in [0.717, 1.165) is 11.9 Å². The fraction of sp³-hybridized carbons (Fsp3) is 0.308. The van der Waals surface area contributed by atoms with Crippen LogP contribution in [0.4, 0.5) is 0 Å². The van der Waals surface area contributed by atoms with Crippen LogP contribution in [0.15, 0.2) is 24.4 Å². The van der Waals surface area contributed by atoms with Gasteiger partial charge in [0.25, 0.3) is 0 Å². The average molecular weight is 217 g/mol. The Labute approximate surface area is 94.3 Å². The maximum absolute atomic E-state index is 10.8. The van der Waals surface area contributed by atoms with Gasteiger partial charge in [-0.2, -0.15) is 0 Å². The largest absolute Gasteiger partial charge is 0.480 e. The van der Waals surface area contributed by atoms with E-state index in [4.69, 9.17) is 5.11 Å². The molecule has 3 heteroatoms. The molecule has 0 saturated heterocycles. The Bertz CT molecular complexity index is 540. The lowest BCUT2D eigenvalue weighted by Gasteiger charge is -2.01. The second kappa shape index (κ2) is 4.00. The number of carboxylic acids is 1. The number of hydrogen-bond acceptors (Lipinski definition) is 1. The molecule has 0 amide bonds. The van der Waals surface area contributed by atoms with E-state index in [0.29, 0.717) is 0 Å². The first-order chi connectivity index (χ1) is 7.61. The smallest absolute Gasteiger partial charge is 0.323 e. The first-order valence-electron chi connectivity index (χ1n) is 5.42. The predicted octanol–water partition coefficient (Wildman–Crippen LogP) is 2.60. The molecule has 1 aromatic carbocycles. The zero-order valence-electron chi connectivity index (χ0n) is 9.53. The summed E-state index contributed by atoms with van der Waals surface area (Å²) in [6.07, 6.45) is 2.87. The van der Waals surface area contributed by atoms with Gasteiger partial charge in [0, 0.05) is 17.1 Å². The molecular formula is C13H15NO2. The highest BCUT2D eigenvalue weighted by Crippen LogP contribution is 2.23. The lowest BCUT2D eigenvalue weighted by molar-refractivity contribution is -0.137. The molecule has 3 nitrogen and oxygen atoms in total. The van der Waals surface area contributed by atoms with Crippen LogP contribution in [0.25, 0.3) is 10.9 Å². The number of fused-ring (bicyclic) bond motifs is 1. The maximum Gasteiger partial charge on any atom is 0.323 e. The molecule has 0 fully saturated rings. The minimum atomic E-state index is -0.805. The lowest BCUT2D eigenvalue weighted by Crippen LogP contribution is -2.07. The van der Waals surface area contributed by atoms with Gasteiger partial charge >= 0.3 is 5.97 Å². The normalized spacial score (nSPS) is 10.9. The van der Waals surface area contributed by atoms with E-state index in [1.807, 2.05) is 25.3 Å². The van der Waals surface area contributed by atoms with E-state index < -0.39 is 5.97 Å². The summed E-state index contributed by atoms with van der Waals surface area (Å²) in [4.78, 5) is 10.8. The maximum atomic E-state index is 10.8. The second-order valence-electron chi connectivity index (χ2n) is 4.05. The van der Waals surface area contributed by atoms with Crippen molar-refractivity contribution in [3.63, 3.8) is 0 Å². The van der Waals surface area contributed by atoms with Crippen LogP contribution in [-0.4, -0.2) is 15.6 Å². The molecule has 0 aliphatic carbocycles. The Morgan fingerprint density at radius 1 is 1.44 bits per heavy atom. The van der Waals surface area contributed by atoms with Crippen LogP contribution in [0.2, 0.25) is 0 Å². The summed E-state index contributed by atoms with van der Waals surface area (Å²) in [6.45, 7) is 4.16. The number of carboxylic acid groups (broad SMARTS) is 1. The van der Waals surface area contributed by atoms with Gasteiger partial charge in [-0.25, -0.2) is 0 Å². The van der Waals surface area contributed by atoms with Gasteiger partial charge in [0.05, 0.1) is 0 Å². The topological polar surface area (TPSA) is 42.2 Å². The van der Waals surface area contributed by atoms with Crippen LogP contribution in [0.1, 0.15) is 18.1 Å². The van der Waals surface area contributed by atoms with Crippen molar-refractivity contribution in [3.05, 3.63) is 35.5 Å². The quantitative estimate of drug-likeness (QED) is 0.858. The van der Waals surface area contributed by atoms with Crippen molar-refractivity contribution in [1.29, 1.82) is 0 Å². The number of rotatable bonds is 3. The van der Waals surface area contributed by atoms with Gasteiger partial charge in [-0.1, -0.05) is 18.6 Å². The van der Waals surface area contributed by atoms with Crippen molar-refractivity contribution in [2.75, 3.05) is 0 Å². The molecule has 2 aromatic rings. The highest BCUT2D eigenvalue weighted by molar-refractivity contribution is 5.85. The molecule has 1 aromatic heterocycles. The molecule has 1 heterocycles. The van der Waals surface area contributed by atoms with Gasteiger partial charge in [0.15, 0.2) is 0 Å². The summed E-state index contributed by atoms with van der Waals surface area (Å²) < 4.78 is 1.80. The molecular weight excluding hydrogens is 202 g/mol. The molecule has 0 saturated carbocycles. The summed E-state index contributed by atoms with van der Waals surface area (Å²) in [5.41, 5.74) is 3.42. The van der Waals surface area contributed by atoms with E-state index >= 15 is 0 Å². The van der Waals surface area contributed by atoms with Crippen molar-refractivity contribution < 1.29 is 9.90 Å². The van der Waals surface area contributed by atoms with E-state index in [9.17, 15) is 4.79 Å². The fourth-order valence-corrected chi connectivity index (χ4v) is 2.04. The summed E-state index contributed by atoms with van der Waals surface area (Å²) in [6, 6.07) is 6.12. The Hall–Kier alpha value is -1.77. The van der Waals surface area contributed by atoms with Gasteiger partial charge in [0.2, 0.25) is 0 Å². The third kappa shape index (κ3) is 1.81. The minimum absolute atomic E-state index is 0.0273. The van der Waals surface area contributed by atoms with E-state index in [1.165, 1.54) is 16.5 Å². The molecule has 0 spiro atoms. The van der Waals surface area contributed by atoms with Crippen LogP contribution in [0.3, 0.4) is 0 Å².